The first-order valence-electron chi connectivity index (χ1n) is 6.79. The van der Waals surface area contributed by atoms with E-state index in [0.717, 1.165) is 5.75 Å². The smallest absolute Gasteiger partial charge is 0.270 e. The number of non-ortho nitro benzene ring substituents is 1. The summed E-state index contributed by atoms with van der Waals surface area (Å²) in [7, 11) is 1.48. The summed E-state index contributed by atoms with van der Waals surface area (Å²) in [6, 6.07) is 4.15. The number of nitro groups is 1. The summed E-state index contributed by atoms with van der Waals surface area (Å²) in [5.41, 5.74) is -0.0517. The van der Waals surface area contributed by atoms with E-state index in [1.807, 2.05) is 0 Å². The second kappa shape index (κ2) is 8.00. The van der Waals surface area contributed by atoms with E-state index in [-0.39, 0.29) is 17.2 Å². The molecule has 0 aromatic heterocycles. The number of nitrogens with zero attached hydrogens (tertiary/aromatic N) is 1. The van der Waals surface area contributed by atoms with E-state index in [0.29, 0.717) is 18.0 Å². The van der Waals surface area contributed by atoms with Crippen molar-refractivity contribution in [3.05, 3.63) is 33.9 Å². The van der Waals surface area contributed by atoms with Gasteiger partial charge in [-0.25, -0.2) is 0 Å². The Morgan fingerprint density at radius 1 is 1.45 bits per heavy atom. The molecule has 1 aromatic carbocycles. The van der Waals surface area contributed by atoms with Crippen LogP contribution in [0.1, 0.15) is 24.2 Å². The Hall–Kier alpha value is -1.80. The third kappa shape index (κ3) is 5.90. The molecule has 0 spiro atoms. The third-order valence-electron chi connectivity index (χ3n) is 2.70. The van der Waals surface area contributed by atoms with Crippen molar-refractivity contribution in [2.75, 3.05) is 30.4 Å². The molecule has 1 aromatic rings. The summed E-state index contributed by atoms with van der Waals surface area (Å²) in [5, 5.41) is 26.0. The Morgan fingerprint density at radius 3 is 2.68 bits per heavy atom. The van der Waals surface area contributed by atoms with Gasteiger partial charge in [0.1, 0.15) is 0 Å². The van der Waals surface area contributed by atoms with E-state index in [4.69, 9.17) is 0 Å². The zero-order valence-corrected chi connectivity index (χ0v) is 13.7. The van der Waals surface area contributed by atoms with Gasteiger partial charge in [-0.15, -0.1) is 0 Å². The number of aliphatic hydroxyl groups is 1. The van der Waals surface area contributed by atoms with Crippen molar-refractivity contribution in [3.8, 4) is 0 Å². The van der Waals surface area contributed by atoms with E-state index in [9.17, 15) is 20.0 Å². The zero-order valence-electron chi connectivity index (χ0n) is 12.9. The van der Waals surface area contributed by atoms with Gasteiger partial charge in [-0.2, -0.15) is 11.8 Å². The van der Waals surface area contributed by atoms with E-state index in [2.05, 4.69) is 10.6 Å². The molecule has 0 saturated carbocycles. The average Bonchev–Trinajstić information content (AvgIpc) is 2.44. The Bertz CT molecular complexity index is 543. The van der Waals surface area contributed by atoms with Crippen molar-refractivity contribution in [3.63, 3.8) is 0 Å². The summed E-state index contributed by atoms with van der Waals surface area (Å²) in [6.45, 7) is 4.07. The SMILES string of the molecule is CNC(=O)c1cc([N+](=O)[O-])ccc1NCCSCC(C)(C)O. The molecule has 8 heteroatoms. The second-order valence-corrected chi connectivity index (χ2v) is 6.46. The molecule has 0 aliphatic carbocycles. The van der Waals surface area contributed by atoms with E-state index < -0.39 is 10.5 Å². The number of carbonyl (C=O) groups is 1. The lowest BCUT2D eigenvalue weighted by Gasteiger charge is -2.16. The van der Waals surface area contributed by atoms with Gasteiger partial charge in [-0.3, -0.25) is 14.9 Å². The minimum atomic E-state index is -0.717. The molecule has 0 fully saturated rings. The summed E-state index contributed by atoms with van der Waals surface area (Å²) in [6.07, 6.45) is 0. The number of benzene rings is 1. The van der Waals surface area contributed by atoms with Gasteiger partial charge in [0, 0.05) is 42.9 Å². The van der Waals surface area contributed by atoms with Crippen molar-refractivity contribution in [1.29, 1.82) is 0 Å². The van der Waals surface area contributed by atoms with Crippen LogP contribution in [-0.2, 0) is 0 Å². The monoisotopic (exact) mass is 327 g/mol. The Morgan fingerprint density at radius 2 is 2.14 bits per heavy atom. The number of amides is 1. The van der Waals surface area contributed by atoms with Crippen LogP contribution in [-0.4, -0.2) is 46.6 Å². The molecule has 0 bridgehead atoms. The minimum Gasteiger partial charge on any atom is -0.390 e. The van der Waals surface area contributed by atoms with Crippen LogP contribution in [0.15, 0.2) is 18.2 Å². The Labute approximate surface area is 133 Å². The predicted octanol–water partition coefficient (Wildman–Crippen LogP) is 1.87. The quantitative estimate of drug-likeness (QED) is 0.382. The highest BCUT2D eigenvalue weighted by atomic mass is 32.2. The molecule has 0 saturated heterocycles. The number of carbonyl (C=O) groups excluding carboxylic acids is 1. The predicted molar refractivity (Wildman–Crippen MR) is 88.6 cm³/mol. The lowest BCUT2D eigenvalue weighted by molar-refractivity contribution is -0.384. The normalized spacial score (nSPS) is 11.1. The number of anilines is 1. The molecule has 0 radical (unpaired) electrons. The Balaban J connectivity index is 2.69. The van der Waals surface area contributed by atoms with Crippen LogP contribution in [0.3, 0.4) is 0 Å². The topological polar surface area (TPSA) is 104 Å². The highest BCUT2D eigenvalue weighted by Crippen LogP contribution is 2.22. The van der Waals surface area contributed by atoms with Gasteiger partial charge >= 0.3 is 0 Å². The molecule has 7 nitrogen and oxygen atoms in total. The number of rotatable bonds is 8. The molecule has 0 unspecified atom stereocenters. The number of hydrogen-bond donors (Lipinski definition) is 3. The number of hydrogen-bond acceptors (Lipinski definition) is 6. The van der Waals surface area contributed by atoms with E-state index in [1.165, 1.54) is 25.2 Å². The number of thioether (sulfide) groups is 1. The van der Waals surface area contributed by atoms with Crippen molar-refractivity contribution < 1.29 is 14.8 Å². The molecular formula is C14H21N3O4S. The van der Waals surface area contributed by atoms with Crippen LogP contribution >= 0.6 is 11.8 Å². The molecule has 0 aliphatic heterocycles. The molecule has 1 rings (SSSR count). The summed E-state index contributed by atoms with van der Waals surface area (Å²) < 4.78 is 0. The maximum absolute atomic E-state index is 11.8. The van der Waals surface area contributed by atoms with Crippen LogP contribution in [0, 0.1) is 10.1 Å². The molecule has 1 amide bonds. The van der Waals surface area contributed by atoms with Crippen LogP contribution in [0.5, 0.6) is 0 Å². The van der Waals surface area contributed by atoms with Crippen LogP contribution in [0.25, 0.3) is 0 Å². The summed E-state index contributed by atoms with van der Waals surface area (Å²) in [5.74, 6) is 0.973. The van der Waals surface area contributed by atoms with E-state index in [1.54, 1.807) is 25.6 Å². The standard InChI is InChI=1S/C14H21N3O4S/c1-14(2,19)9-22-7-6-16-12-5-4-10(17(20)21)8-11(12)13(18)15-3/h4-5,8,16,19H,6-7,9H2,1-3H3,(H,15,18). The second-order valence-electron chi connectivity index (χ2n) is 5.36. The molecule has 0 heterocycles. The molecule has 0 aliphatic rings. The van der Waals surface area contributed by atoms with Crippen LogP contribution in [0.2, 0.25) is 0 Å². The fraction of sp³-hybridized carbons (Fsp3) is 0.500. The maximum Gasteiger partial charge on any atom is 0.270 e. The van der Waals surface area contributed by atoms with Crippen LogP contribution < -0.4 is 10.6 Å². The highest BCUT2D eigenvalue weighted by molar-refractivity contribution is 7.99. The van der Waals surface area contributed by atoms with Crippen molar-refractivity contribution >= 4 is 29.0 Å². The Kier molecular flexibility index (Phi) is 6.63. The fourth-order valence-electron chi connectivity index (χ4n) is 1.70. The van der Waals surface area contributed by atoms with Crippen molar-refractivity contribution in [2.45, 2.75) is 19.4 Å². The van der Waals surface area contributed by atoms with Crippen LogP contribution in [0.4, 0.5) is 11.4 Å². The third-order valence-corrected chi connectivity index (χ3v) is 4.11. The van der Waals surface area contributed by atoms with Gasteiger partial charge in [0.2, 0.25) is 0 Å². The van der Waals surface area contributed by atoms with Gasteiger partial charge < -0.3 is 15.7 Å². The van der Waals surface area contributed by atoms with Gasteiger partial charge in [0.05, 0.1) is 16.1 Å². The average molecular weight is 327 g/mol. The zero-order chi connectivity index (χ0) is 16.8. The molecule has 3 N–H and O–H groups in total. The van der Waals surface area contributed by atoms with Gasteiger partial charge in [0.15, 0.2) is 0 Å². The minimum absolute atomic E-state index is 0.124. The van der Waals surface area contributed by atoms with Crippen molar-refractivity contribution in [1.82, 2.24) is 5.32 Å². The molecule has 0 atom stereocenters. The largest absolute Gasteiger partial charge is 0.390 e. The summed E-state index contributed by atoms with van der Waals surface area (Å²) in [4.78, 5) is 22.1. The number of nitro benzene ring substituents is 1. The van der Waals surface area contributed by atoms with E-state index >= 15 is 0 Å². The highest BCUT2D eigenvalue weighted by Gasteiger charge is 2.16. The maximum atomic E-state index is 11.8. The van der Waals surface area contributed by atoms with Gasteiger partial charge in [0.25, 0.3) is 11.6 Å². The fourth-order valence-corrected chi connectivity index (χ4v) is 2.59. The molecule has 122 valence electrons. The first-order valence-corrected chi connectivity index (χ1v) is 7.94. The first kappa shape index (κ1) is 18.2. The lowest BCUT2D eigenvalue weighted by atomic mass is 10.1. The van der Waals surface area contributed by atoms with Crippen molar-refractivity contribution in [2.24, 2.45) is 0 Å². The lowest BCUT2D eigenvalue weighted by Crippen LogP contribution is -2.23. The summed E-state index contributed by atoms with van der Waals surface area (Å²) >= 11 is 1.59. The molecular weight excluding hydrogens is 306 g/mol. The first-order chi connectivity index (χ1) is 10.2. The van der Waals surface area contributed by atoms with Gasteiger partial charge in [-0.1, -0.05) is 0 Å². The number of nitrogens with one attached hydrogen (secondary N) is 2. The molecule has 22 heavy (non-hydrogen) atoms. The van der Waals surface area contributed by atoms with Gasteiger partial charge in [-0.05, 0) is 19.9 Å².